The zero-order valence-electron chi connectivity index (χ0n) is 8.79. The maximum atomic E-state index is 11.4. The van der Waals surface area contributed by atoms with Crippen molar-refractivity contribution in [2.24, 2.45) is 17.8 Å². The van der Waals surface area contributed by atoms with Crippen LogP contribution < -0.4 is 0 Å². The molecule has 3 aliphatic rings. The molecule has 0 aromatic heterocycles. The molecular weight excluding hydrogens is 176 g/mol. The Kier molecular flexibility index (Phi) is 1.71. The topological polar surface area (TPSA) is 26.3 Å². The molecule has 0 aromatic rings. The predicted molar refractivity (Wildman–Crippen MR) is 52.7 cm³/mol. The molecule has 1 aliphatic heterocycles. The number of rotatable bonds is 0. The number of carbonyl (C=O) groups excluding carboxylic acids is 1. The van der Waals surface area contributed by atoms with E-state index in [1.807, 2.05) is 0 Å². The lowest BCUT2D eigenvalue weighted by Crippen LogP contribution is -2.42. The standard InChI is InChI=1S/C12H18O2/c1-8-4-5-12-9(6-8)2-3-10(12)7-11(13)14-12/h8-10H,2-7H2,1H3. The Hall–Kier alpha value is -0.530. The van der Waals surface area contributed by atoms with E-state index in [4.69, 9.17) is 4.74 Å². The maximum absolute atomic E-state index is 11.4. The summed E-state index contributed by atoms with van der Waals surface area (Å²) in [5.74, 6) is 2.15. The van der Waals surface area contributed by atoms with Gasteiger partial charge in [-0.2, -0.15) is 0 Å². The lowest BCUT2D eigenvalue weighted by atomic mass is 9.70. The van der Waals surface area contributed by atoms with E-state index in [9.17, 15) is 4.79 Å². The zero-order valence-corrected chi connectivity index (χ0v) is 8.79. The molecule has 0 N–H and O–H groups in total. The Morgan fingerprint density at radius 3 is 2.93 bits per heavy atom. The summed E-state index contributed by atoms with van der Waals surface area (Å²) in [7, 11) is 0. The second kappa shape index (κ2) is 2.74. The second-order valence-corrected chi connectivity index (χ2v) is 5.48. The summed E-state index contributed by atoms with van der Waals surface area (Å²) >= 11 is 0. The zero-order chi connectivity index (χ0) is 9.76. The van der Waals surface area contributed by atoms with Gasteiger partial charge < -0.3 is 4.74 Å². The summed E-state index contributed by atoms with van der Waals surface area (Å²) in [6.07, 6.45) is 6.88. The van der Waals surface area contributed by atoms with Crippen LogP contribution in [0.5, 0.6) is 0 Å². The van der Waals surface area contributed by atoms with E-state index in [2.05, 4.69) is 6.92 Å². The molecule has 3 rings (SSSR count). The Morgan fingerprint density at radius 2 is 2.07 bits per heavy atom. The summed E-state index contributed by atoms with van der Waals surface area (Å²) in [6.45, 7) is 2.33. The largest absolute Gasteiger partial charge is 0.458 e. The lowest BCUT2D eigenvalue weighted by Gasteiger charge is -2.40. The number of ether oxygens (including phenoxy) is 1. The minimum atomic E-state index is 0.00356. The van der Waals surface area contributed by atoms with Gasteiger partial charge in [0, 0.05) is 5.92 Å². The van der Waals surface area contributed by atoms with Crippen LogP contribution in [-0.4, -0.2) is 11.6 Å². The van der Waals surface area contributed by atoms with Crippen LogP contribution in [0.2, 0.25) is 0 Å². The fraction of sp³-hybridized carbons (Fsp3) is 0.917. The van der Waals surface area contributed by atoms with Gasteiger partial charge in [-0.15, -0.1) is 0 Å². The van der Waals surface area contributed by atoms with Crippen LogP contribution in [-0.2, 0) is 9.53 Å². The first-order valence-electron chi connectivity index (χ1n) is 5.92. The van der Waals surface area contributed by atoms with Crippen molar-refractivity contribution in [3.05, 3.63) is 0 Å². The average Bonchev–Trinajstić information content (AvgIpc) is 2.60. The SMILES string of the molecule is CC1CCC23OC(=O)CC2CCC3C1. The predicted octanol–water partition coefficient (Wildman–Crippen LogP) is 2.52. The van der Waals surface area contributed by atoms with Crippen LogP contribution in [0.4, 0.5) is 0 Å². The van der Waals surface area contributed by atoms with Crippen molar-refractivity contribution in [2.45, 2.75) is 51.0 Å². The molecule has 2 nitrogen and oxygen atoms in total. The number of hydrogen-bond acceptors (Lipinski definition) is 2. The van der Waals surface area contributed by atoms with Gasteiger partial charge in [0.25, 0.3) is 0 Å². The van der Waals surface area contributed by atoms with Crippen molar-refractivity contribution in [1.29, 1.82) is 0 Å². The summed E-state index contributed by atoms with van der Waals surface area (Å²) in [6, 6.07) is 0. The van der Waals surface area contributed by atoms with E-state index in [-0.39, 0.29) is 11.6 Å². The summed E-state index contributed by atoms with van der Waals surface area (Å²) in [5.41, 5.74) is 0.00356. The first-order chi connectivity index (χ1) is 6.71. The average molecular weight is 194 g/mol. The third-order valence-electron chi connectivity index (χ3n) is 4.68. The van der Waals surface area contributed by atoms with Gasteiger partial charge in [0.15, 0.2) is 0 Å². The smallest absolute Gasteiger partial charge is 0.306 e. The minimum absolute atomic E-state index is 0.00356. The van der Waals surface area contributed by atoms with E-state index in [0.29, 0.717) is 18.3 Å². The highest BCUT2D eigenvalue weighted by Crippen LogP contribution is 2.56. The van der Waals surface area contributed by atoms with E-state index in [0.717, 1.165) is 12.3 Å². The summed E-state index contributed by atoms with van der Waals surface area (Å²) in [5, 5.41) is 0. The molecule has 2 aliphatic carbocycles. The third kappa shape index (κ3) is 0.999. The van der Waals surface area contributed by atoms with Crippen molar-refractivity contribution in [3.63, 3.8) is 0 Å². The first-order valence-corrected chi connectivity index (χ1v) is 5.92. The van der Waals surface area contributed by atoms with Crippen LogP contribution in [0.3, 0.4) is 0 Å². The first kappa shape index (κ1) is 8.75. The van der Waals surface area contributed by atoms with Crippen molar-refractivity contribution in [2.75, 3.05) is 0 Å². The molecule has 4 unspecified atom stereocenters. The number of carbonyl (C=O) groups is 1. The van der Waals surface area contributed by atoms with Gasteiger partial charge in [0.05, 0.1) is 6.42 Å². The Morgan fingerprint density at radius 1 is 1.29 bits per heavy atom. The monoisotopic (exact) mass is 194 g/mol. The van der Waals surface area contributed by atoms with E-state index >= 15 is 0 Å². The Bertz CT molecular complexity index is 273. The molecule has 1 spiro atoms. The van der Waals surface area contributed by atoms with Gasteiger partial charge in [-0.25, -0.2) is 0 Å². The van der Waals surface area contributed by atoms with Gasteiger partial charge in [-0.3, -0.25) is 4.79 Å². The molecule has 1 heterocycles. The molecule has 14 heavy (non-hydrogen) atoms. The van der Waals surface area contributed by atoms with E-state index in [1.54, 1.807) is 0 Å². The number of hydrogen-bond donors (Lipinski definition) is 0. The van der Waals surface area contributed by atoms with Crippen LogP contribution in [0.1, 0.15) is 45.4 Å². The normalized spacial score (nSPS) is 51.2. The molecule has 0 bridgehead atoms. The van der Waals surface area contributed by atoms with Gasteiger partial charge in [0.1, 0.15) is 5.60 Å². The molecule has 2 heteroatoms. The molecule has 2 saturated carbocycles. The fourth-order valence-electron chi connectivity index (χ4n) is 3.97. The van der Waals surface area contributed by atoms with Crippen LogP contribution >= 0.6 is 0 Å². The maximum Gasteiger partial charge on any atom is 0.306 e. The highest BCUT2D eigenvalue weighted by atomic mass is 16.6. The van der Waals surface area contributed by atoms with Gasteiger partial charge in [-0.05, 0) is 43.9 Å². The summed E-state index contributed by atoms with van der Waals surface area (Å²) < 4.78 is 5.69. The molecule has 0 aromatic carbocycles. The van der Waals surface area contributed by atoms with Gasteiger partial charge in [-0.1, -0.05) is 6.92 Å². The van der Waals surface area contributed by atoms with Crippen LogP contribution in [0, 0.1) is 17.8 Å². The quantitative estimate of drug-likeness (QED) is 0.554. The van der Waals surface area contributed by atoms with Crippen molar-refractivity contribution < 1.29 is 9.53 Å². The minimum Gasteiger partial charge on any atom is -0.458 e. The molecule has 3 fully saturated rings. The summed E-state index contributed by atoms with van der Waals surface area (Å²) in [4.78, 5) is 11.4. The van der Waals surface area contributed by atoms with E-state index in [1.165, 1.54) is 25.7 Å². The van der Waals surface area contributed by atoms with Crippen LogP contribution in [0.25, 0.3) is 0 Å². The molecule has 1 saturated heterocycles. The molecule has 0 radical (unpaired) electrons. The highest BCUT2D eigenvalue weighted by molar-refractivity contribution is 5.73. The third-order valence-corrected chi connectivity index (χ3v) is 4.68. The van der Waals surface area contributed by atoms with E-state index < -0.39 is 0 Å². The molecule has 4 atom stereocenters. The second-order valence-electron chi connectivity index (χ2n) is 5.48. The molecule has 0 amide bonds. The van der Waals surface area contributed by atoms with Gasteiger partial charge >= 0.3 is 5.97 Å². The van der Waals surface area contributed by atoms with Crippen molar-refractivity contribution in [3.8, 4) is 0 Å². The van der Waals surface area contributed by atoms with Crippen molar-refractivity contribution >= 4 is 5.97 Å². The number of esters is 1. The Balaban J connectivity index is 1.90. The molecule has 78 valence electrons. The Labute approximate surface area is 85.0 Å². The lowest BCUT2D eigenvalue weighted by molar-refractivity contribution is -0.157. The van der Waals surface area contributed by atoms with Gasteiger partial charge in [0.2, 0.25) is 0 Å². The van der Waals surface area contributed by atoms with Crippen LogP contribution in [0.15, 0.2) is 0 Å². The van der Waals surface area contributed by atoms with Crippen molar-refractivity contribution in [1.82, 2.24) is 0 Å². The fourth-order valence-corrected chi connectivity index (χ4v) is 3.97. The highest BCUT2D eigenvalue weighted by Gasteiger charge is 2.58. The molecular formula is C12H18O2.